The second-order valence-electron chi connectivity index (χ2n) is 4.19. The lowest BCUT2D eigenvalue weighted by molar-refractivity contribution is 0.0929. The zero-order valence-electron chi connectivity index (χ0n) is 10.7. The van der Waals surface area contributed by atoms with Crippen molar-refractivity contribution >= 4 is 11.7 Å². The molecule has 5 nitrogen and oxygen atoms in total. The van der Waals surface area contributed by atoms with Gasteiger partial charge in [0.15, 0.2) is 5.69 Å². The third-order valence-corrected chi connectivity index (χ3v) is 2.83. The number of aromatic nitrogens is 2. The Balaban J connectivity index is 2.10. The standard InChI is InChI=1S/C14H16N4O/c1-2-11(10-6-4-3-5-7-10)16-14(19)12-8-9-13(15)18-17-12/h3-9,11H,2H2,1H3,(H2,15,18)(H,16,19). The predicted molar refractivity (Wildman–Crippen MR) is 73.4 cm³/mol. The van der Waals surface area contributed by atoms with E-state index < -0.39 is 0 Å². The molecule has 0 aliphatic rings. The molecule has 0 saturated carbocycles. The Morgan fingerprint density at radius 3 is 2.53 bits per heavy atom. The van der Waals surface area contributed by atoms with Gasteiger partial charge in [0.1, 0.15) is 5.82 Å². The number of anilines is 1. The molecule has 1 atom stereocenters. The van der Waals surface area contributed by atoms with Gasteiger partial charge in [0, 0.05) is 0 Å². The summed E-state index contributed by atoms with van der Waals surface area (Å²) >= 11 is 0. The highest BCUT2D eigenvalue weighted by molar-refractivity contribution is 5.92. The maximum absolute atomic E-state index is 12.0. The van der Waals surface area contributed by atoms with E-state index in [9.17, 15) is 4.79 Å². The second-order valence-corrected chi connectivity index (χ2v) is 4.19. The molecular formula is C14H16N4O. The zero-order chi connectivity index (χ0) is 13.7. The summed E-state index contributed by atoms with van der Waals surface area (Å²) in [7, 11) is 0. The summed E-state index contributed by atoms with van der Waals surface area (Å²) in [4.78, 5) is 12.0. The Kier molecular flexibility index (Phi) is 4.07. The number of carbonyl (C=O) groups is 1. The number of amides is 1. The largest absolute Gasteiger partial charge is 0.382 e. The van der Waals surface area contributed by atoms with E-state index in [2.05, 4.69) is 15.5 Å². The van der Waals surface area contributed by atoms with Crippen molar-refractivity contribution in [2.75, 3.05) is 5.73 Å². The van der Waals surface area contributed by atoms with Crippen LogP contribution in [0.3, 0.4) is 0 Å². The number of nitrogens with zero attached hydrogens (tertiary/aromatic N) is 2. The fourth-order valence-corrected chi connectivity index (χ4v) is 1.80. The molecule has 0 fully saturated rings. The van der Waals surface area contributed by atoms with Crippen molar-refractivity contribution in [1.82, 2.24) is 15.5 Å². The van der Waals surface area contributed by atoms with E-state index in [1.54, 1.807) is 12.1 Å². The van der Waals surface area contributed by atoms with Crippen LogP contribution in [0.4, 0.5) is 5.82 Å². The van der Waals surface area contributed by atoms with Gasteiger partial charge in [-0.1, -0.05) is 37.3 Å². The van der Waals surface area contributed by atoms with Crippen molar-refractivity contribution < 1.29 is 4.79 Å². The minimum Gasteiger partial charge on any atom is -0.382 e. The monoisotopic (exact) mass is 256 g/mol. The van der Waals surface area contributed by atoms with Crippen molar-refractivity contribution in [3.05, 3.63) is 53.7 Å². The average molecular weight is 256 g/mol. The van der Waals surface area contributed by atoms with Gasteiger partial charge in [0.25, 0.3) is 5.91 Å². The van der Waals surface area contributed by atoms with Crippen LogP contribution in [0.25, 0.3) is 0 Å². The number of carbonyl (C=O) groups excluding carboxylic acids is 1. The summed E-state index contributed by atoms with van der Waals surface area (Å²) in [5.74, 6) is 0.0508. The molecule has 1 aromatic carbocycles. The molecule has 5 heteroatoms. The molecule has 0 bridgehead atoms. The highest BCUT2D eigenvalue weighted by atomic mass is 16.2. The van der Waals surface area contributed by atoms with Crippen LogP contribution in [-0.4, -0.2) is 16.1 Å². The minimum absolute atomic E-state index is 0.0342. The zero-order valence-corrected chi connectivity index (χ0v) is 10.7. The third kappa shape index (κ3) is 3.28. The smallest absolute Gasteiger partial charge is 0.272 e. The molecule has 1 aromatic heterocycles. The first-order valence-corrected chi connectivity index (χ1v) is 6.15. The van der Waals surface area contributed by atoms with Crippen LogP contribution in [0.5, 0.6) is 0 Å². The van der Waals surface area contributed by atoms with Crippen LogP contribution in [-0.2, 0) is 0 Å². The predicted octanol–water partition coefficient (Wildman–Crippen LogP) is 1.94. The van der Waals surface area contributed by atoms with Gasteiger partial charge < -0.3 is 11.1 Å². The van der Waals surface area contributed by atoms with Gasteiger partial charge in [-0.3, -0.25) is 4.79 Å². The van der Waals surface area contributed by atoms with Crippen LogP contribution >= 0.6 is 0 Å². The van der Waals surface area contributed by atoms with Crippen molar-refractivity contribution in [3.8, 4) is 0 Å². The van der Waals surface area contributed by atoms with Gasteiger partial charge in [-0.05, 0) is 24.1 Å². The summed E-state index contributed by atoms with van der Waals surface area (Å²) in [6, 6.07) is 12.9. The second kappa shape index (κ2) is 5.95. The van der Waals surface area contributed by atoms with Gasteiger partial charge in [-0.25, -0.2) is 0 Å². The lowest BCUT2D eigenvalue weighted by atomic mass is 10.0. The number of nitrogens with one attached hydrogen (secondary N) is 1. The molecule has 0 spiro atoms. The molecular weight excluding hydrogens is 240 g/mol. The number of hydrogen-bond donors (Lipinski definition) is 2. The van der Waals surface area contributed by atoms with Gasteiger partial charge in [-0.15, -0.1) is 10.2 Å². The van der Waals surface area contributed by atoms with Crippen molar-refractivity contribution in [2.45, 2.75) is 19.4 Å². The highest BCUT2D eigenvalue weighted by Gasteiger charge is 2.14. The molecule has 2 rings (SSSR count). The van der Waals surface area contributed by atoms with Gasteiger partial charge in [0.2, 0.25) is 0 Å². The van der Waals surface area contributed by atoms with Gasteiger partial charge in [-0.2, -0.15) is 0 Å². The first-order valence-electron chi connectivity index (χ1n) is 6.15. The van der Waals surface area contributed by atoms with E-state index in [0.29, 0.717) is 5.82 Å². The van der Waals surface area contributed by atoms with Gasteiger partial charge in [0.05, 0.1) is 6.04 Å². The average Bonchev–Trinajstić information content (AvgIpc) is 2.46. The number of rotatable bonds is 4. The molecule has 1 amide bonds. The van der Waals surface area contributed by atoms with E-state index in [0.717, 1.165) is 12.0 Å². The lowest BCUT2D eigenvalue weighted by Gasteiger charge is -2.16. The van der Waals surface area contributed by atoms with E-state index in [4.69, 9.17) is 5.73 Å². The fourth-order valence-electron chi connectivity index (χ4n) is 1.80. The highest BCUT2D eigenvalue weighted by Crippen LogP contribution is 2.16. The molecule has 3 N–H and O–H groups in total. The minimum atomic E-state index is -0.247. The Hall–Kier alpha value is -2.43. The number of benzene rings is 1. The Morgan fingerprint density at radius 1 is 1.21 bits per heavy atom. The third-order valence-electron chi connectivity index (χ3n) is 2.83. The topological polar surface area (TPSA) is 80.9 Å². The molecule has 1 unspecified atom stereocenters. The summed E-state index contributed by atoms with van der Waals surface area (Å²) < 4.78 is 0. The van der Waals surface area contributed by atoms with Crippen molar-refractivity contribution in [1.29, 1.82) is 0 Å². The quantitative estimate of drug-likeness (QED) is 0.876. The van der Waals surface area contributed by atoms with Crippen LogP contribution in [0.1, 0.15) is 35.4 Å². The van der Waals surface area contributed by atoms with Crippen molar-refractivity contribution in [2.24, 2.45) is 0 Å². The molecule has 0 saturated heterocycles. The SMILES string of the molecule is CCC(NC(=O)c1ccc(N)nn1)c1ccccc1. The van der Waals surface area contributed by atoms with E-state index in [1.807, 2.05) is 37.3 Å². The van der Waals surface area contributed by atoms with E-state index >= 15 is 0 Å². The Morgan fingerprint density at radius 2 is 1.95 bits per heavy atom. The van der Waals surface area contributed by atoms with Crippen molar-refractivity contribution in [3.63, 3.8) is 0 Å². The molecule has 1 heterocycles. The van der Waals surface area contributed by atoms with Crippen LogP contribution in [0.15, 0.2) is 42.5 Å². The molecule has 0 aliphatic carbocycles. The Bertz CT molecular complexity index is 539. The van der Waals surface area contributed by atoms with E-state index in [-0.39, 0.29) is 17.6 Å². The number of hydrogen-bond acceptors (Lipinski definition) is 4. The number of nitrogens with two attached hydrogens (primary N) is 1. The molecule has 2 aromatic rings. The molecule has 98 valence electrons. The number of nitrogen functional groups attached to an aromatic ring is 1. The van der Waals surface area contributed by atoms with Crippen LogP contribution in [0.2, 0.25) is 0 Å². The summed E-state index contributed by atoms with van der Waals surface area (Å²) in [5, 5.41) is 10.4. The summed E-state index contributed by atoms with van der Waals surface area (Å²) in [6.07, 6.45) is 0.804. The molecule has 0 radical (unpaired) electrons. The first-order chi connectivity index (χ1) is 9.20. The van der Waals surface area contributed by atoms with E-state index in [1.165, 1.54) is 0 Å². The maximum Gasteiger partial charge on any atom is 0.272 e. The summed E-state index contributed by atoms with van der Waals surface area (Å²) in [5.41, 5.74) is 6.78. The lowest BCUT2D eigenvalue weighted by Crippen LogP contribution is -2.29. The summed E-state index contributed by atoms with van der Waals surface area (Å²) in [6.45, 7) is 2.02. The fraction of sp³-hybridized carbons (Fsp3) is 0.214. The Labute approximate surface area is 111 Å². The maximum atomic E-state index is 12.0. The van der Waals surface area contributed by atoms with Gasteiger partial charge >= 0.3 is 0 Å². The van der Waals surface area contributed by atoms with Crippen LogP contribution < -0.4 is 11.1 Å². The normalized spacial score (nSPS) is 11.8. The molecule has 0 aliphatic heterocycles. The molecule has 19 heavy (non-hydrogen) atoms. The van der Waals surface area contributed by atoms with Crippen LogP contribution in [0, 0.1) is 0 Å². The first kappa shape index (κ1) is 13.0.